The van der Waals surface area contributed by atoms with Crippen molar-refractivity contribution in [1.82, 2.24) is 5.01 Å². The maximum absolute atomic E-state index is 12.9. The fraction of sp³-hybridized carbons (Fsp3) is 0.318. The molecule has 0 unspecified atom stereocenters. The van der Waals surface area contributed by atoms with Gasteiger partial charge < -0.3 is 4.42 Å². The van der Waals surface area contributed by atoms with Gasteiger partial charge in [-0.25, -0.2) is 0 Å². The van der Waals surface area contributed by atoms with Crippen LogP contribution in [0.3, 0.4) is 0 Å². The van der Waals surface area contributed by atoms with Crippen molar-refractivity contribution in [2.45, 2.75) is 6.42 Å². The molecule has 1 aromatic heterocycles. The molecule has 7 heteroatoms. The maximum Gasteiger partial charge on any atom is 0.254 e. The molecule has 6 atom stereocenters. The Bertz CT molecular complexity index is 1090. The number of rotatable bonds is 3. The topological polar surface area (TPSA) is 62.9 Å². The summed E-state index contributed by atoms with van der Waals surface area (Å²) < 4.78 is 5.78. The van der Waals surface area contributed by atoms with E-state index in [9.17, 15) is 9.59 Å². The molecular formula is C22H16Cl2N2O3. The van der Waals surface area contributed by atoms with Crippen LogP contribution in [0.5, 0.6) is 0 Å². The van der Waals surface area contributed by atoms with E-state index in [4.69, 9.17) is 27.6 Å². The number of halogens is 2. The van der Waals surface area contributed by atoms with Crippen molar-refractivity contribution in [2.75, 3.05) is 0 Å². The fourth-order valence-electron chi connectivity index (χ4n) is 5.43. The summed E-state index contributed by atoms with van der Waals surface area (Å²) >= 11 is 12.2. The second kappa shape index (κ2) is 6.07. The lowest BCUT2D eigenvalue weighted by Gasteiger charge is -2.37. The first-order valence-electron chi connectivity index (χ1n) is 9.68. The number of hydrogen-bond acceptors (Lipinski definition) is 4. The minimum Gasteiger partial charge on any atom is -0.455 e. The van der Waals surface area contributed by atoms with Crippen molar-refractivity contribution >= 4 is 41.2 Å². The first kappa shape index (κ1) is 17.5. The van der Waals surface area contributed by atoms with Crippen LogP contribution in [0.2, 0.25) is 10.0 Å². The van der Waals surface area contributed by atoms with Crippen molar-refractivity contribution in [1.29, 1.82) is 0 Å². The highest BCUT2D eigenvalue weighted by Crippen LogP contribution is 2.65. The Kier molecular flexibility index (Phi) is 3.66. The average Bonchev–Trinajstić information content (AvgIpc) is 3.34. The lowest BCUT2D eigenvalue weighted by Crippen LogP contribution is -2.40. The maximum atomic E-state index is 12.9. The van der Waals surface area contributed by atoms with Gasteiger partial charge >= 0.3 is 0 Å². The van der Waals surface area contributed by atoms with Gasteiger partial charge in [0.25, 0.3) is 11.8 Å². The van der Waals surface area contributed by atoms with Gasteiger partial charge in [-0.2, -0.15) is 10.1 Å². The molecule has 5 aliphatic rings. The van der Waals surface area contributed by atoms with Gasteiger partial charge in [-0.05, 0) is 60.4 Å². The van der Waals surface area contributed by atoms with Crippen molar-refractivity contribution in [3.8, 4) is 11.3 Å². The number of carbonyl (C=O) groups excluding carboxylic acids is 2. The zero-order valence-corrected chi connectivity index (χ0v) is 16.7. The van der Waals surface area contributed by atoms with Crippen LogP contribution in [0, 0.1) is 35.5 Å². The summed E-state index contributed by atoms with van der Waals surface area (Å²) in [4.78, 5) is 25.9. The molecule has 0 N–H and O–H groups in total. The van der Waals surface area contributed by atoms with E-state index in [0.717, 1.165) is 11.4 Å². The Balaban J connectivity index is 1.25. The minimum atomic E-state index is -0.251. The monoisotopic (exact) mass is 426 g/mol. The molecule has 2 saturated carbocycles. The smallest absolute Gasteiger partial charge is 0.254 e. The lowest BCUT2D eigenvalue weighted by molar-refractivity contribution is -0.140. The second-order valence-electron chi connectivity index (χ2n) is 8.21. The molecule has 1 aromatic carbocycles. The standard InChI is InChI=1S/C22H16Cl2N2O3/c23-10-1-3-14(17(24)7-10)18-6-2-11(29-18)9-25-26-21(27)19-12-4-5-13(16-8-15(12)16)20(19)22(26)28/h1-7,9,12-13,15-16,19-20H,8H2/b25-9-/t12-,13-,15-,16-,19+,20+/m0/s1. The average molecular weight is 427 g/mol. The number of furan rings is 1. The molecule has 0 spiro atoms. The molecule has 3 fully saturated rings. The summed E-state index contributed by atoms with van der Waals surface area (Å²) in [6.45, 7) is 0. The Morgan fingerprint density at radius 2 is 1.69 bits per heavy atom. The van der Waals surface area contributed by atoms with Crippen LogP contribution in [0.4, 0.5) is 0 Å². The number of amides is 2. The molecule has 2 amide bonds. The third kappa shape index (κ3) is 2.50. The molecule has 1 aliphatic heterocycles. The summed E-state index contributed by atoms with van der Waals surface area (Å²) in [5, 5.41) is 6.26. The molecule has 7 rings (SSSR count). The Labute approximate surface area is 177 Å². The Hall–Kier alpha value is -2.37. The van der Waals surface area contributed by atoms with E-state index in [1.54, 1.807) is 30.3 Å². The number of imide groups is 1. The van der Waals surface area contributed by atoms with E-state index < -0.39 is 0 Å². The second-order valence-corrected chi connectivity index (χ2v) is 9.06. The molecular weight excluding hydrogens is 411 g/mol. The predicted molar refractivity (Wildman–Crippen MR) is 108 cm³/mol. The number of benzene rings is 1. The number of hydrazone groups is 1. The van der Waals surface area contributed by atoms with Crippen molar-refractivity contribution < 1.29 is 14.0 Å². The van der Waals surface area contributed by atoms with Crippen LogP contribution in [0.25, 0.3) is 11.3 Å². The highest BCUT2D eigenvalue weighted by molar-refractivity contribution is 6.36. The van der Waals surface area contributed by atoms with E-state index in [1.165, 1.54) is 6.21 Å². The highest BCUT2D eigenvalue weighted by atomic mass is 35.5. The van der Waals surface area contributed by atoms with Gasteiger partial charge in [-0.3, -0.25) is 9.59 Å². The summed E-state index contributed by atoms with van der Waals surface area (Å²) in [7, 11) is 0. The number of nitrogens with zero attached hydrogens (tertiary/aromatic N) is 2. The minimum absolute atomic E-state index is 0.187. The van der Waals surface area contributed by atoms with Crippen molar-refractivity contribution in [3.63, 3.8) is 0 Å². The SMILES string of the molecule is O=C1[C@@H]2[C@H]3C=C[C@@H]([C@@H]4C[C@@H]34)[C@H]2C(=O)N1/N=C\c1ccc(-c2ccc(Cl)cc2Cl)o1. The van der Waals surface area contributed by atoms with Crippen LogP contribution in [0.15, 0.2) is 52.0 Å². The van der Waals surface area contributed by atoms with E-state index in [0.29, 0.717) is 39.0 Å². The van der Waals surface area contributed by atoms with Gasteiger partial charge in [-0.15, -0.1) is 0 Å². The number of hydrogen-bond donors (Lipinski definition) is 0. The van der Waals surface area contributed by atoms with Gasteiger partial charge in [-0.1, -0.05) is 35.4 Å². The summed E-state index contributed by atoms with van der Waals surface area (Å²) in [6, 6.07) is 8.64. The highest BCUT2D eigenvalue weighted by Gasteiger charge is 2.67. The normalized spacial score (nSPS) is 34.2. The molecule has 2 bridgehead atoms. The van der Waals surface area contributed by atoms with Gasteiger partial charge in [0.2, 0.25) is 0 Å². The summed E-state index contributed by atoms with van der Waals surface area (Å²) in [5.74, 6) is 1.64. The predicted octanol–water partition coefficient (Wildman–Crippen LogP) is 4.64. The lowest BCUT2D eigenvalue weighted by atomic mass is 9.63. The first-order chi connectivity index (χ1) is 14.0. The van der Waals surface area contributed by atoms with Crippen LogP contribution in [-0.2, 0) is 9.59 Å². The number of allylic oxidation sites excluding steroid dienone is 2. The third-order valence-electron chi connectivity index (χ3n) is 6.76. The largest absolute Gasteiger partial charge is 0.455 e. The van der Waals surface area contributed by atoms with Crippen LogP contribution >= 0.6 is 23.2 Å². The van der Waals surface area contributed by atoms with E-state index >= 15 is 0 Å². The molecule has 4 aliphatic carbocycles. The van der Waals surface area contributed by atoms with Gasteiger partial charge in [0, 0.05) is 10.6 Å². The Morgan fingerprint density at radius 1 is 1.00 bits per heavy atom. The third-order valence-corrected chi connectivity index (χ3v) is 7.31. The summed E-state index contributed by atoms with van der Waals surface area (Å²) in [5.41, 5.74) is 0.705. The molecule has 146 valence electrons. The summed E-state index contributed by atoms with van der Waals surface area (Å²) in [6.07, 6.45) is 6.85. The fourth-order valence-corrected chi connectivity index (χ4v) is 5.93. The molecule has 1 saturated heterocycles. The van der Waals surface area contributed by atoms with Crippen molar-refractivity contribution in [3.05, 3.63) is 58.3 Å². The van der Waals surface area contributed by atoms with E-state index in [2.05, 4.69) is 17.3 Å². The zero-order chi connectivity index (χ0) is 19.9. The number of carbonyl (C=O) groups is 2. The zero-order valence-electron chi connectivity index (χ0n) is 15.2. The quantitative estimate of drug-likeness (QED) is 0.407. The first-order valence-corrected chi connectivity index (χ1v) is 10.4. The van der Waals surface area contributed by atoms with Crippen LogP contribution in [-0.4, -0.2) is 23.0 Å². The van der Waals surface area contributed by atoms with Crippen molar-refractivity contribution in [2.24, 2.45) is 40.6 Å². The molecule has 29 heavy (non-hydrogen) atoms. The molecule has 0 radical (unpaired) electrons. The van der Waals surface area contributed by atoms with E-state index in [1.807, 2.05) is 0 Å². The van der Waals surface area contributed by atoms with Gasteiger partial charge in [0.1, 0.15) is 11.5 Å². The molecule has 2 heterocycles. The Morgan fingerprint density at radius 3 is 2.34 bits per heavy atom. The van der Waals surface area contributed by atoms with Gasteiger partial charge in [0.15, 0.2) is 0 Å². The van der Waals surface area contributed by atoms with E-state index in [-0.39, 0.29) is 35.5 Å². The van der Waals surface area contributed by atoms with Gasteiger partial charge in [0.05, 0.1) is 23.1 Å². The van der Waals surface area contributed by atoms with Crippen LogP contribution < -0.4 is 0 Å². The molecule has 5 nitrogen and oxygen atoms in total. The van der Waals surface area contributed by atoms with Crippen LogP contribution in [0.1, 0.15) is 12.2 Å². The molecule has 2 aromatic rings.